The molecule has 8 nitrogen and oxygen atoms in total. The molecule has 0 amide bonds. The van der Waals surface area contributed by atoms with Crippen molar-refractivity contribution in [2.75, 3.05) is 0 Å². The van der Waals surface area contributed by atoms with Gasteiger partial charge in [0.1, 0.15) is 22.9 Å². The summed E-state index contributed by atoms with van der Waals surface area (Å²) in [6.45, 7) is 9.02. The van der Waals surface area contributed by atoms with E-state index in [-0.39, 0.29) is 35.7 Å². The fourth-order valence-corrected chi connectivity index (χ4v) is 4.67. The number of carbonyl (C=O) groups is 2. The first-order valence-corrected chi connectivity index (χ1v) is 10.9. The van der Waals surface area contributed by atoms with E-state index in [0.717, 1.165) is 11.1 Å². The van der Waals surface area contributed by atoms with Gasteiger partial charge in [-0.15, -0.1) is 0 Å². The van der Waals surface area contributed by atoms with Gasteiger partial charge in [-0.1, -0.05) is 13.8 Å². The van der Waals surface area contributed by atoms with E-state index in [0.29, 0.717) is 52.0 Å². The van der Waals surface area contributed by atoms with Crippen LogP contribution in [0, 0.1) is 20.8 Å². The molecule has 33 heavy (non-hydrogen) atoms. The average Bonchev–Trinajstić information content (AvgIpc) is 3.25. The summed E-state index contributed by atoms with van der Waals surface area (Å²) in [7, 11) is 0. The average molecular weight is 455 g/mol. The lowest BCUT2D eigenvalue weighted by Gasteiger charge is -2.15. The van der Waals surface area contributed by atoms with Crippen LogP contribution in [0.3, 0.4) is 0 Å². The largest absolute Gasteiger partial charge is 0.507 e. The van der Waals surface area contributed by atoms with Gasteiger partial charge in [-0.05, 0) is 61.9 Å². The Balaban J connectivity index is 2.08. The van der Waals surface area contributed by atoms with Gasteiger partial charge in [-0.2, -0.15) is 0 Å². The van der Waals surface area contributed by atoms with Crippen LogP contribution in [0.25, 0.3) is 0 Å². The summed E-state index contributed by atoms with van der Waals surface area (Å²) in [5.41, 5.74) is 6.21. The van der Waals surface area contributed by atoms with Gasteiger partial charge in [0.2, 0.25) is 0 Å². The summed E-state index contributed by atoms with van der Waals surface area (Å²) < 4.78 is 0. The Labute approximate surface area is 191 Å². The minimum Gasteiger partial charge on any atom is -0.507 e. The third-order valence-corrected chi connectivity index (χ3v) is 6.47. The summed E-state index contributed by atoms with van der Waals surface area (Å²) in [4.78, 5) is 29.1. The quantitative estimate of drug-likeness (QED) is 0.298. The Hall–Kier alpha value is -3.68. The van der Waals surface area contributed by atoms with Gasteiger partial charge < -0.3 is 30.4 Å². The van der Waals surface area contributed by atoms with E-state index in [2.05, 4.69) is 9.97 Å². The van der Waals surface area contributed by atoms with Gasteiger partial charge in [0.05, 0.1) is 0 Å². The van der Waals surface area contributed by atoms with Crippen molar-refractivity contribution in [3.8, 4) is 11.5 Å². The number of benzene rings is 1. The van der Waals surface area contributed by atoms with Crippen molar-refractivity contribution in [3.05, 3.63) is 67.8 Å². The number of nitrogens with one attached hydrogen (secondary N) is 2. The van der Waals surface area contributed by atoms with Crippen LogP contribution in [0.2, 0.25) is 0 Å². The molecule has 0 atom stereocenters. The minimum absolute atomic E-state index is 0.0490. The predicted octanol–water partition coefficient (Wildman–Crippen LogP) is 4.38. The normalized spacial score (nSPS) is 11.2. The van der Waals surface area contributed by atoms with E-state index in [4.69, 9.17) is 0 Å². The summed E-state index contributed by atoms with van der Waals surface area (Å²) in [6.07, 6.45) is 1.80. The first-order chi connectivity index (χ1) is 15.5. The molecule has 0 aliphatic rings. The molecule has 0 unspecified atom stereocenters. The number of phenolic OH excluding ortho intramolecular Hbond substituents is 2. The molecule has 0 saturated heterocycles. The van der Waals surface area contributed by atoms with Crippen molar-refractivity contribution in [1.29, 1.82) is 0 Å². The van der Waals surface area contributed by atoms with E-state index >= 15 is 0 Å². The van der Waals surface area contributed by atoms with Crippen molar-refractivity contribution in [2.45, 2.75) is 60.3 Å². The zero-order valence-electron chi connectivity index (χ0n) is 19.5. The highest BCUT2D eigenvalue weighted by atomic mass is 16.4. The van der Waals surface area contributed by atoms with Gasteiger partial charge in [-0.3, -0.25) is 0 Å². The Kier molecular flexibility index (Phi) is 6.58. The maximum Gasteiger partial charge on any atom is 0.352 e. The standard InChI is InChI=1S/C25H30N2O6/c1-6-16-11(3)20(24(30)31)26-18(16)9-14-8-15(23(29)13(5)22(14)28)10-19-17(7-2)12(4)21(27-19)25(32)33/h8,26-29H,6-7,9-10H2,1-5H3,(H,30,31)(H,32,33). The maximum absolute atomic E-state index is 11.6. The van der Waals surface area contributed by atoms with Gasteiger partial charge >= 0.3 is 11.9 Å². The Morgan fingerprint density at radius 1 is 0.727 bits per heavy atom. The lowest BCUT2D eigenvalue weighted by atomic mass is 9.94. The van der Waals surface area contributed by atoms with E-state index in [9.17, 15) is 30.0 Å². The molecule has 6 N–H and O–H groups in total. The fraction of sp³-hybridized carbons (Fsp3) is 0.360. The van der Waals surface area contributed by atoms with E-state index in [1.165, 1.54) is 0 Å². The van der Waals surface area contributed by atoms with Crippen LogP contribution in [-0.4, -0.2) is 42.3 Å². The number of carboxylic acids is 2. The molecular formula is C25H30N2O6. The summed E-state index contributed by atoms with van der Waals surface area (Å²) >= 11 is 0. The maximum atomic E-state index is 11.6. The molecule has 0 aliphatic carbocycles. The van der Waals surface area contributed by atoms with Crippen molar-refractivity contribution >= 4 is 11.9 Å². The molecule has 0 aliphatic heterocycles. The van der Waals surface area contributed by atoms with Crippen molar-refractivity contribution in [1.82, 2.24) is 9.97 Å². The molecular weight excluding hydrogens is 424 g/mol. The fourth-order valence-electron chi connectivity index (χ4n) is 4.67. The van der Waals surface area contributed by atoms with Crippen LogP contribution in [-0.2, 0) is 25.7 Å². The predicted molar refractivity (Wildman–Crippen MR) is 124 cm³/mol. The molecule has 0 fully saturated rings. The number of rotatable bonds is 8. The molecule has 1 aromatic carbocycles. The first kappa shape index (κ1) is 24.0. The van der Waals surface area contributed by atoms with Crippen LogP contribution in [0.15, 0.2) is 6.07 Å². The number of H-pyrrole nitrogens is 2. The van der Waals surface area contributed by atoms with Crippen LogP contribution >= 0.6 is 0 Å². The third-order valence-electron chi connectivity index (χ3n) is 6.47. The molecule has 3 rings (SSSR count). The van der Waals surface area contributed by atoms with Gasteiger partial charge in [-0.25, -0.2) is 9.59 Å². The van der Waals surface area contributed by atoms with Gasteiger partial charge in [0, 0.05) is 40.9 Å². The second-order valence-electron chi connectivity index (χ2n) is 8.35. The second-order valence-corrected chi connectivity index (χ2v) is 8.35. The van der Waals surface area contributed by atoms with Gasteiger partial charge in [0.25, 0.3) is 0 Å². The highest BCUT2D eigenvalue weighted by molar-refractivity contribution is 5.88. The van der Waals surface area contributed by atoms with Crippen molar-refractivity contribution in [2.24, 2.45) is 0 Å². The Morgan fingerprint density at radius 3 is 1.39 bits per heavy atom. The monoisotopic (exact) mass is 454 g/mol. The van der Waals surface area contributed by atoms with Crippen molar-refractivity contribution in [3.63, 3.8) is 0 Å². The van der Waals surface area contributed by atoms with Crippen molar-refractivity contribution < 1.29 is 30.0 Å². The zero-order valence-corrected chi connectivity index (χ0v) is 19.5. The zero-order chi connectivity index (χ0) is 24.6. The van der Waals surface area contributed by atoms with Gasteiger partial charge in [0.15, 0.2) is 0 Å². The van der Waals surface area contributed by atoms with E-state index in [1.807, 2.05) is 13.8 Å². The number of aromatic carboxylic acids is 2. The Bertz CT molecular complexity index is 1160. The summed E-state index contributed by atoms with van der Waals surface area (Å²) in [5, 5.41) is 40.4. The number of aromatic amines is 2. The second kappa shape index (κ2) is 9.05. The van der Waals surface area contributed by atoms with E-state index in [1.54, 1.807) is 26.8 Å². The first-order valence-electron chi connectivity index (χ1n) is 10.9. The lowest BCUT2D eigenvalue weighted by molar-refractivity contribution is 0.0679. The van der Waals surface area contributed by atoms with Crippen LogP contribution in [0.4, 0.5) is 0 Å². The Morgan fingerprint density at radius 2 is 1.09 bits per heavy atom. The molecule has 3 aromatic rings. The minimum atomic E-state index is -1.04. The number of carboxylic acid groups (broad SMARTS) is 2. The number of hydrogen-bond donors (Lipinski definition) is 6. The van der Waals surface area contributed by atoms with E-state index < -0.39 is 11.9 Å². The summed E-state index contributed by atoms with van der Waals surface area (Å²) in [5.74, 6) is -2.17. The smallest absolute Gasteiger partial charge is 0.352 e. The highest BCUT2D eigenvalue weighted by Crippen LogP contribution is 2.37. The number of aromatic nitrogens is 2. The molecule has 0 saturated carbocycles. The van der Waals surface area contributed by atoms with Crippen LogP contribution in [0.1, 0.15) is 85.2 Å². The molecule has 2 heterocycles. The molecule has 8 heteroatoms. The highest BCUT2D eigenvalue weighted by Gasteiger charge is 2.23. The number of hydrogen-bond acceptors (Lipinski definition) is 4. The van der Waals surface area contributed by atoms with Crippen LogP contribution in [0.5, 0.6) is 11.5 Å². The molecule has 2 aromatic heterocycles. The van der Waals surface area contributed by atoms with Crippen LogP contribution < -0.4 is 0 Å². The molecule has 0 bridgehead atoms. The SMILES string of the molecule is CCc1c(Cc2cc(Cc3[nH]c(C(=O)O)c(C)c3CC)c(O)c(C)c2O)[nH]c(C(=O)O)c1C. The molecule has 0 spiro atoms. The number of aromatic hydroxyl groups is 2. The third kappa shape index (κ3) is 4.20. The lowest BCUT2D eigenvalue weighted by Crippen LogP contribution is -2.01. The molecule has 176 valence electrons. The molecule has 0 radical (unpaired) electrons. The summed E-state index contributed by atoms with van der Waals surface area (Å²) in [6, 6.07) is 1.70. The topological polar surface area (TPSA) is 147 Å². The number of phenols is 2.